The molecule has 0 N–H and O–H groups in total. The summed E-state index contributed by atoms with van der Waals surface area (Å²) < 4.78 is 0. The quantitative estimate of drug-likeness (QED) is 0.341. The van der Waals surface area contributed by atoms with Gasteiger partial charge in [-0.25, -0.2) is 19.9 Å². The van der Waals surface area contributed by atoms with Crippen LogP contribution in [0.4, 0.5) is 0 Å². The largest absolute Gasteiger partial charge is 0.237 e. The first kappa shape index (κ1) is 16.7. The molecular weight excluding hydrogens is 368 g/mol. The SMILES string of the molecule is c1cnc(-c2ccc3c(ccc4cc(-c5ncccn5)c5ccccc5c43)c2)nc1. The summed E-state index contributed by atoms with van der Waals surface area (Å²) in [5, 5.41) is 7.15. The van der Waals surface area contributed by atoms with Crippen LogP contribution in [0.25, 0.3) is 55.1 Å². The van der Waals surface area contributed by atoms with Crippen molar-refractivity contribution in [1.82, 2.24) is 19.9 Å². The van der Waals surface area contributed by atoms with Crippen LogP contribution < -0.4 is 0 Å². The number of rotatable bonds is 2. The monoisotopic (exact) mass is 384 g/mol. The number of aromatic nitrogens is 4. The standard InChI is InChI=1S/C26H16N4/c1-2-6-22-21(5-1)23(26-29-13-4-14-30-26)16-18-8-7-17-15-19(9-10-20(17)24(18)22)25-27-11-3-12-28-25/h1-16H. The van der Waals surface area contributed by atoms with Gasteiger partial charge in [-0.15, -0.1) is 0 Å². The second-order valence-corrected chi connectivity index (χ2v) is 7.21. The molecule has 140 valence electrons. The Morgan fingerprint density at radius 2 is 1.13 bits per heavy atom. The zero-order chi connectivity index (χ0) is 19.9. The maximum atomic E-state index is 4.49. The fourth-order valence-electron chi connectivity index (χ4n) is 4.15. The van der Waals surface area contributed by atoms with Crippen LogP contribution in [0, 0.1) is 0 Å². The molecule has 0 unspecified atom stereocenters. The molecule has 0 atom stereocenters. The van der Waals surface area contributed by atoms with Crippen LogP contribution in [0.5, 0.6) is 0 Å². The molecular formula is C26H16N4. The van der Waals surface area contributed by atoms with Gasteiger partial charge in [-0.05, 0) is 56.6 Å². The Bertz CT molecular complexity index is 1530. The van der Waals surface area contributed by atoms with E-state index in [1.54, 1.807) is 24.8 Å². The van der Waals surface area contributed by atoms with E-state index in [2.05, 4.69) is 80.6 Å². The molecule has 4 nitrogen and oxygen atoms in total. The Kier molecular flexibility index (Phi) is 3.74. The average molecular weight is 384 g/mol. The molecule has 0 fully saturated rings. The maximum Gasteiger partial charge on any atom is 0.159 e. The Labute approximate surface area is 172 Å². The van der Waals surface area contributed by atoms with Gasteiger partial charge >= 0.3 is 0 Å². The maximum absolute atomic E-state index is 4.49. The normalized spacial score (nSPS) is 11.3. The van der Waals surface area contributed by atoms with Crippen molar-refractivity contribution in [1.29, 1.82) is 0 Å². The molecule has 0 saturated carbocycles. The lowest BCUT2D eigenvalue weighted by molar-refractivity contribution is 1.18. The lowest BCUT2D eigenvalue weighted by Crippen LogP contribution is -1.91. The molecule has 0 aliphatic heterocycles. The molecule has 0 amide bonds. The van der Waals surface area contributed by atoms with Crippen molar-refractivity contribution in [2.45, 2.75) is 0 Å². The van der Waals surface area contributed by atoms with Gasteiger partial charge in [-0.3, -0.25) is 0 Å². The zero-order valence-corrected chi connectivity index (χ0v) is 16.0. The number of fused-ring (bicyclic) bond motifs is 5. The van der Waals surface area contributed by atoms with E-state index >= 15 is 0 Å². The van der Waals surface area contributed by atoms with E-state index in [1.165, 1.54) is 26.9 Å². The Morgan fingerprint density at radius 1 is 0.467 bits per heavy atom. The van der Waals surface area contributed by atoms with Crippen LogP contribution in [0.1, 0.15) is 0 Å². The summed E-state index contributed by atoms with van der Waals surface area (Å²) in [4.78, 5) is 17.8. The summed E-state index contributed by atoms with van der Waals surface area (Å²) in [5.41, 5.74) is 2.06. The van der Waals surface area contributed by atoms with Crippen LogP contribution in [-0.2, 0) is 0 Å². The van der Waals surface area contributed by atoms with E-state index in [0.717, 1.165) is 28.2 Å². The molecule has 0 saturated heterocycles. The van der Waals surface area contributed by atoms with Crippen molar-refractivity contribution in [3.05, 3.63) is 97.6 Å². The second-order valence-electron chi connectivity index (χ2n) is 7.21. The molecule has 30 heavy (non-hydrogen) atoms. The minimum absolute atomic E-state index is 0.737. The van der Waals surface area contributed by atoms with Crippen molar-refractivity contribution in [3.63, 3.8) is 0 Å². The minimum atomic E-state index is 0.737. The molecule has 2 aromatic heterocycles. The molecule has 0 aliphatic carbocycles. The summed E-state index contributed by atoms with van der Waals surface area (Å²) in [6.07, 6.45) is 7.12. The fraction of sp³-hybridized carbons (Fsp3) is 0. The van der Waals surface area contributed by atoms with E-state index in [-0.39, 0.29) is 0 Å². The van der Waals surface area contributed by atoms with Gasteiger partial charge in [0, 0.05) is 35.9 Å². The van der Waals surface area contributed by atoms with Crippen molar-refractivity contribution < 1.29 is 0 Å². The first-order chi connectivity index (χ1) is 14.9. The number of benzene rings is 4. The molecule has 6 rings (SSSR count). The van der Waals surface area contributed by atoms with Crippen molar-refractivity contribution in [2.24, 2.45) is 0 Å². The van der Waals surface area contributed by atoms with Gasteiger partial charge in [0.05, 0.1) is 0 Å². The number of hydrogen-bond acceptors (Lipinski definition) is 4. The van der Waals surface area contributed by atoms with E-state index in [4.69, 9.17) is 0 Å². The van der Waals surface area contributed by atoms with E-state index in [9.17, 15) is 0 Å². The Balaban J connectivity index is 1.68. The molecule has 0 bridgehead atoms. The summed E-state index contributed by atoms with van der Waals surface area (Å²) in [7, 11) is 0. The summed E-state index contributed by atoms with van der Waals surface area (Å²) in [5.74, 6) is 1.48. The van der Waals surface area contributed by atoms with Gasteiger partial charge in [0.1, 0.15) is 0 Å². The van der Waals surface area contributed by atoms with Gasteiger partial charge in [-0.1, -0.05) is 48.5 Å². The Morgan fingerprint density at radius 3 is 1.90 bits per heavy atom. The van der Waals surface area contributed by atoms with Crippen LogP contribution in [-0.4, -0.2) is 19.9 Å². The minimum Gasteiger partial charge on any atom is -0.237 e. The average Bonchev–Trinajstić information content (AvgIpc) is 2.84. The highest BCUT2D eigenvalue weighted by Gasteiger charge is 2.13. The predicted octanol–water partition coefficient (Wildman–Crippen LogP) is 6.06. The predicted molar refractivity (Wildman–Crippen MR) is 121 cm³/mol. The van der Waals surface area contributed by atoms with Gasteiger partial charge in [0.25, 0.3) is 0 Å². The van der Waals surface area contributed by atoms with Gasteiger partial charge < -0.3 is 0 Å². The highest BCUT2D eigenvalue weighted by atomic mass is 14.9. The second kappa shape index (κ2) is 6.71. The molecule has 4 aromatic carbocycles. The third-order valence-electron chi connectivity index (χ3n) is 5.47. The van der Waals surface area contributed by atoms with Crippen LogP contribution in [0.15, 0.2) is 97.6 Å². The molecule has 2 heterocycles. The highest BCUT2D eigenvalue weighted by Crippen LogP contribution is 2.37. The van der Waals surface area contributed by atoms with E-state index in [0.29, 0.717) is 0 Å². The lowest BCUT2D eigenvalue weighted by Gasteiger charge is -2.12. The summed E-state index contributed by atoms with van der Waals surface area (Å²) >= 11 is 0. The topological polar surface area (TPSA) is 51.6 Å². The third kappa shape index (κ3) is 2.62. The number of hydrogen-bond donors (Lipinski definition) is 0. The highest BCUT2D eigenvalue weighted by molar-refractivity contribution is 6.23. The molecule has 6 aromatic rings. The first-order valence-electron chi connectivity index (χ1n) is 9.81. The van der Waals surface area contributed by atoms with Gasteiger partial charge in [0.2, 0.25) is 0 Å². The molecule has 0 aliphatic rings. The van der Waals surface area contributed by atoms with Crippen molar-refractivity contribution in [2.75, 3.05) is 0 Å². The molecule has 0 radical (unpaired) electrons. The molecule has 4 heteroatoms. The lowest BCUT2D eigenvalue weighted by atomic mass is 9.92. The van der Waals surface area contributed by atoms with Gasteiger partial charge in [-0.2, -0.15) is 0 Å². The van der Waals surface area contributed by atoms with Crippen molar-refractivity contribution >= 4 is 32.3 Å². The summed E-state index contributed by atoms with van der Waals surface area (Å²) in [6, 6.07) is 25.1. The fourth-order valence-corrected chi connectivity index (χ4v) is 4.15. The smallest absolute Gasteiger partial charge is 0.159 e. The van der Waals surface area contributed by atoms with Crippen LogP contribution >= 0.6 is 0 Å². The molecule has 0 spiro atoms. The van der Waals surface area contributed by atoms with Gasteiger partial charge in [0.15, 0.2) is 11.6 Å². The zero-order valence-electron chi connectivity index (χ0n) is 16.0. The van der Waals surface area contributed by atoms with E-state index < -0.39 is 0 Å². The first-order valence-corrected chi connectivity index (χ1v) is 9.81. The third-order valence-corrected chi connectivity index (χ3v) is 5.47. The van der Waals surface area contributed by atoms with Crippen LogP contribution in [0.2, 0.25) is 0 Å². The Hall–Kier alpha value is -4.18. The summed E-state index contributed by atoms with van der Waals surface area (Å²) in [6.45, 7) is 0. The van der Waals surface area contributed by atoms with E-state index in [1.807, 2.05) is 12.1 Å². The number of nitrogens with zero attached hydrogens (tertiary/aromatic N) is 4. The van der Waals surface area contributed by atoms with Crippen molar-refractivity contribution in [3.8, 4) is 22.8 Å². The van der Waals surface area contributed by atoms with Crippen LogP contribution in [0.3, 0.4) is 0 Å².